The van der Waals surface area contributed by atoms with Crippen LogP contribution in [-0.4, -0.2) is 51.4 Å². The van der Waals surface area contributed by atoms with Gasteiger partial charge in [0.15, 0.2) is 5.82 Å². The summed E-state index contributed by atoms with van der Waals surface area (Å²) in [5, 5.41) is 4.35. The van der Waals surface area contributed by atoms with Crippen LogP contribution in [0.15, 0.2) is 29.5 Å². The van der Waals surface area contributed by atoms with Gasteiger partial charge in [-0.2, -0.15) is 5.10 Å². The molecule has 0 unspecified atom stereocenters. The number of anilines is 1. The highest BCUT2D eigenvalue weighted by Crippen LogP contribution is 2.35. The van der Waals surface area contributed by atoms with Gasteiger partial charge in [0, 0.05) is 45.8 Å². The van der Waals surface area contributed by atoms with Crippen LogP contribution in [0.3, 0.4) is 0 Å². The van der Waals surface area contributed by atoms with Gasteiger partial charge >= 0.3 is 0 Å². The molecule has 0 N–H and O–H groups in total. The molecule has 0 amide bonds. The van der Waals surface area contributed by atoms with Gasteiger partial charge in [0.1, 0.15) is 0 Å². The monoisotopic (exact) mass is 344 g/mol. The van der Waals surface area contributed by atoms with Crippen LogP contribution in [0.2, 0.25) is 0 Å². The van der Waals surface area contributed by atoms with Crippen molar-refractivity contribution in [2.45, 2.75) is 32.4 Å². The SMILES string of the molecule is CCn1ccnc(N(C)C[C@@H]2CCCN(C)[C@H]2c2ccnn2C)c1=O. The van der Waals surface area contributed by atoms with Crippen LogP contribution in [0.4, 0.5) is 5.82 Å². The van der Waals surface area contributed by atoms with Crippen LogP contribution < -0.4 is 10.5 Å². The molecular formula is C18H28N6O. The summed E-state index contributed by atoms with van der Waals surface area (Å²) in [6, 6.07) is 2.41. The maximum absolute atomic E-state index is 12.5. The van der Waals surface area contributed by atoms with Crippen molar-refractivity contribution in [2.24, 2.45) is 13.0 Å². The van der Waals surface area contributed by atoms with Gasteiger partial charge in [-0.25, -0.2) is 4.98 Å². The van der Waals surface area contributed by atoms with Crippen molar-refractivity contribution in [1.82, 2.24) is 24.2 Å². The Bertz CT molecular complexity index is 767. The van der Waals surface area contributed by atoms with Crippen LogP contribution in [0, 0.1) is 5.92 Å². The third-order valence-electron chi connectivity index (χ3n) is 5.28. The first-order chi connectivity index (χ1) is 12.0. The molecule has 2 atom stereocenters. The first kappa shape index (κ1) is 17.7. The van der Waals surface area contributed by atoms with E-state index in [-0.39, 0.29) is 5.56 Å². The minimum Gasteiger partial charge on any atom is -0.355 e. The topological polar surface area (TPSA) is 59.2 Å². The molecule has 0 aromatic carbocycles. The van der Waals surface area contributed by atoms with Crippen molar-refractivity contribution in [3.8, 4) is 0 Å². The van der Waals surface area contributed by atoms with Gasteiger partial charge in [-0.05, 0) is 45.3 Å². The molecule has 1 aliphatic heterocycles. The number of rotatable bonds is 5. The fraction of sp³-hybridized carbons (Fsp3) is 0.611. The quantitative estimate of drug-likeness (QED) is 0.823. The van der Waals surface area contributed by atoms with Crippen LogP contribution in [0.1, 0.15) is 31.5 Å². The van der Waals surface area contributed by atoms with E-state index in [1.165, 1.54) is 12.1 Å². The van der Waals surface area contributed by atoms with E-state index < -0.39 is 0 Å². The van der Waals surface area contributed by atoms with Crippen molar-refractivity contribution in [3.05, 3.63) is 40.7 Å². The molecule has 7 heteroatoms. The van der Waals surface area contributed by atoms with Gasteiger partial charge < -0.3 is 9.47 Å². The third kappa shape index (κ3) is 3.46. The molecule has 136 valence electrons. The van der Waals surface area contributed by atoms with Crippen molar-refractivity contribution in [1.29, 1.82) is 0 Å². The van der Waals surface area contributed by atoms with Gasteiger partial charge in [-0.1, -0.05) is 0 Å². The number of nitrogens with zero attached hydrogens (tertiary/aromatic N) is 6. The molecule has 0 spiro atoms. The minimum absolute atomic E-state index is 0.0197. The fourth-order valence-electron chi connectivity index (χ4n) is 3.98. The molecule has 0 bridgehead atoms. The summed E-state index contributed by atoms with van der Waals surface area (Å²) in [6.07, 6.45) is 7.62. The Morgan fingerprint density at radius 1 is 1.32 bits per heavy atom. The second kappa shape index (κ2) is 7.39. The molecule has 2 aromatic heterocycles. The van der Waals surface area contributed by atoms with Crippen molar-refractivity contribution >= 4 is 5.82 Å². The second-order valence-corrected chi connectivity index (χ2v) is 6.93. The van der Waals surface area contributed by atoms with E-state index in [0.717, 1.165) is 19.5 Å². The maximum atomic E-state index is 12.5. The Hall–Kier alpha value is -2.15. The van der Waals surface area contributed by atoms with Crippen molar-refractivity contribution in [2.75, 3.05) is 32.1 Å². The van der Waals surface area contributed by atoms with Gasteiger partial charge in [0.05, 0.1) is 11.7 Å². The van der Waals surface area contributed by atoms with E-state index in [1.54, 1.807) is 17.0 Å². The van der Waals surface area contributed by atoms with E-state index in [1.807, 2.05) is 36.8 Å². The Labute approximate surface area is 148 Å². The summed E-state index contributed by atoms with van der Waals surface area (Å²) in [6.45, 7) is 4.52. The van der Waals surface area contributed by atoms with Gasteiger partial charge in [0.2, 0.25) is 0 Å². The zero-order valence-electron chi connectivity index (χ0n) is 15.6. The van der Waals surface area contributed by atoms with Gasteiger partial charge in [0.25, 0.3) is 5.56 Å². The van der Waals surface area contributed by atoms with Gasteiger partial charge in [-0.15, -0.1) is 0 Å². The highest BCUT2D eigenvalue weighted by Gasteiger charge is 2.33. The lowest BCUT2D eigenvalue weighted by Crippen LogP contribution is -2.43. The largest absolute Gasteiger partial charge is 0.355 e. The van der Waals surface area contributed by atoms with Crippen molar-refractivity contribution < 1.29 is 0 Å². The average Bonchev–Trinajstić information content (AvgIpc) is 3.01. The molecule has 0 radical (unpaired) electrons. The average molecular weight is 344 g/mol. The van der Waals surface area contributed by atoms with E-state index in [4.69, 9.17) is 0 Å². The number of hydrogen-bond acceptors (Lipinski definition) is 5. The predicted octanol–water partition coefficient (Wildman–Crippen LogP) is 1.52. The summed E-state index contributed by atoms with van der Waals surface area (Å²) in [5.41, 5.74) is 1.21. The first-order valence-corrected chi connectivity index (χ1v) is 8.97. The summed E-state index contributed by atoms with van der Waals surface area (Å²) in [4.78, 5) is 21.3. The standard InChI is InChI=1S/C18H28N6O/c1-5-24-12-10-19-17(18(24)25)22(3)13-14-7-6-11-21(2)16(14)15-8-9-20-23(15)4/h8-10,12,14,16H,5-7,11,13H2,1-4H3/t14-,16+/m0/s1. The predicted molar refractivity (Wildman–Crippen MR) is 98.7 cm³/mol. The number of piperidine rings is 1. The Balaban J connectivity index is 1.85. The van der Waals surface area contributed by atoms with Gasteiger partial charge in [-0.3, -0.25) is 14.4 Å². The highest BCUT2D eigenvalue weighted by atomic mass is 16.1. The number of likely N-dealkylation sites (tertiary alicyclic amines) is 1. The van der Waals surface area contributed by atoms with E-state index in [2.05, 4.69) is 28.1 Å². The van der Waals surface area contributed by atoms with Crippen LogP contribution in [0.5, 0.6) is 0 Å². The molecule has 1 saturated heterocycles. The molecule has 3 rings (SSSR count). The van der Waals surface area contributed by atoms with E-state index >= 15 is 0 Å². The third-order valence-corrected chi connectivity index (χ3v) is 5.28. The minimum atomic E-state index is -0.0197. The highest BCUT2D eigenvalue weighted by molar-refractivity contribution is 5.34. The molecule has 25 heavy (non-hydrogen) atoms. The molecule has 7 nitrogen and oxygen atoms in total. The lowest BCUT2D eigenvalue weighted by molar-refractivity contribution is 0.117. The molecule has 1 aliphatic rings. The van der Waals surface area contributed by atoms with Crippen LogP contribution >= 0.6 is 0 Å². The van der Waals surface area contributed by atoms with Crippen LogP contribution in [0.25, 0.3) is 0 Å². The smallest absolute Gasteiger partial charge is 0.293 e. The molecule has 0 aliphatic carbocycles. The maximum Gasteiger partial charge on any atom is 0.293 e. The Morgan fingerprint density at radius 2 is 2.12 bits per heavy atom. The summed E-state index contributed by atoms with van der Waals surface area (Å²) >= 11 is 0. The summed E-state index contributed by atoms with van der Waals surface area (Å²) < 4.78 is 3.66. The molecule has 1 fully saturated rings. The van der Waals surface area contributed by atoms with Crippen LogP contribution in [-0.2, 0) is 13.6 Å². The van der Waals surface area contributed by atoms with E-state index in [0.29, 0.717) is 24.3 Å². The summed E-state index contributed by atoms with van der Waals surface area (Å²) in [5.74, 6) is 0.956. The Kier molecular flexibility index (Phi) is 5.22. The number of hydrogen-bond donors (Lipinski definition) is 0. The number of aryl methyl sites for hydroxylation is 2. The lowest BCUT2D eigenvalue weighted by Gasteiger charge is -2.40. The normalized spacial score (nSPS) is 21.4. The molecule has 0 saturated carbocycles. The number of aromatic nitrogens is 4. The van der Waals surface area contributed by atoms with E-state index in [9.17, 15) is 4.79 Å². The van der Waals surface area contributed by atoms with Crippen molar-refractivity contribution in [3.63, 3.8) is 0 Å². The lowest BCUT2D eigenvalue weighted by atomic mass is 9.87. The second-order valence-electron chi connectivity index (χ2n) is 6.93. The molecule has 2 aromatic rings. The first-order valence-electron chi connectivity index (χ1n) is 8.97. The summed E-state index contributed by atoms with van der Waals surface area (Å²) in [7, 11) is 6.14. The molecule has 3 heterocycles. The Morgan fingerprint density at radius 3 is 2.80 bits per heavy atom. The molecular weight excluding hydrogens is 316 g/mol. The fourth-order valence-corrected chi connectivity index (χ4v) is 3.98. The zero-order chi connectivity index (χ0) is 18.0. The zero-order valence-corrected chi connectivity index (χ0v) is 15.6.